The van der Waals surface area contributed by atoms with Crippen LogP contribution in [0.25, 0.3) is 0 Å². The molecule has 1 rings (SSSR count). The van der Waals surface area contributed by atoms with E-state index in [0.29, 0.717) is 13.0 Å². The fraction of sp³-hybridized carbons (Fsp3) is 0.500. The van der Waals surface area contributed by atoms with Gasteiger partial charge in [-0.1, -0.05) is 25.1 Å². The van der Waals surface area contributed by atoms with Crippen molar-refractivity contribution in [3.63, 3.8) is 0 Å². The highest BCUT2D eigenvalue weighted by Gasteiger charge is 2.12. The number of hydrogen-bond donors (Lipinski definition) is 0. The SMILES string of the molecule is CCOC(=O)CC(C)Cc1ccccc1OC. The normalized spacial score (nSPS) is 11.9. The second-order valence-corrected chi connectivity index (χ2v) is 4.13. The first-order chi connectivity index (χ1) is 8.17. The zero-order chi connectivity index (χ0) is 12.7. The molecule has 3 heteroatoms. The van der Waals surface area contributed by atoms with E-state index < -0.39 is 0 Å². The number of rotatable bonds is 6. The molecule has 1 aromatic rings. The van der Waals surface area contributed by atoms with E-state index >= 15 is 0 Å². The van der Waals surface area contributed by atoms with Gasteiger partial charge in [0.25, 0.3) is 0 Å². The molecule has 0 aliphatic rings. The number of benzene rings is 1. The Balaban J connectivity index is 2.55. The number of para-hydroxylation sites is 1. The molecular formula is C14H20O3. The molecule has 17 heavy (non-hydrogen) atoms. The number of carbonyl (C=O) groups is 1. The molecule has 1 atom stereocenters. The predicted octanol–water partition coefficient (Wildman–Crippen LogP) is 2.83. The van der Waals surface area contributed by atoms with Crippen molar-refractivity contribution in [1.29, 1.82) is 0 Å². The first-order valence-electron chi connectivity index (χ1n) is 5.94. The fourth-order valence-corrected chi connectivity index (χ4v) is 1.82. The molecule has 0 aliphatic carbocycles. The van der Waals surface area contributed by atoms with Gasteiger partial charge in [-0.05, 0) is 30.9 Å². The molecule has 1 unspecified atom stereocenters. The Labute approximate surface area is 103 Å². The molecule has 0 aromatic heterocycles. The van der Waals surface area contributed by atoms with Gasteiger partial charge in [0.2, 0.25) is 0 Å². The van der Waals surface area contributed by atoms with Crippen LogP contribution >= 0.6 is 0 Å². The smallest absolute Gasteiger partial charge is 0.306 e. The maximum absolute atomic E-state index is 11.3. The molecule has 0 bridgehead atoms. The van der Waals surface area contributed by atoms with Crippen molar-refractivity contribution in [2.75, 3.05) is 13.7 Å². The number of ether oxygens (including phenoxy) is 2. The first kappa shape index (κ1) is 13.6. The Morgan fingerprint density at radius 2 is 2.06 bits per heavy atom. The third kappa shape index (κ3) is 4.47. The molecule has 94 valence electrons. The number of hydrogen-bond acceptors (Lipinski definition) is 3. The average Bonchev–Trinajstić information content (AvgIpc) is 2.29. The van der Waals surface area contributed by atoms with Gasteiger partial charge in [-0.15, -0.1) is 0 Å². The highest BCUT2D eigenvalue weighted by Crippen LogP contribution is 2.22. The van der Waals surface area contributed by atoms with E-state index in [4.69, 9.17) is 9.47 Å². The van der Waals surface area contributed by atoms with Crippen LogP contribution in [0.1, 0.15) is 25.8 Å². The van der Waals surface area contributed by atoms with E-state index in [1.807, 2.05) is 38.1 Å². The second kappa shape index (κ2) is 6.94. The molecule has 0 fully saturated rings. The minimum atomic E-state index is -0.130. The van der Waals surface area contributed by atoms with Crippen molar-refractivity contribution in [3.8, 4) is 5.75 Å². The summed E-state index contributed by atoms with van der Waals surface area (Å²) in [5.74, 6) is 1.00. The lowest BCUT2D eigenvalue weighted by molar-refractivity contribution is -0.144. The Morgan fingerprint density at radius 1 is 1.35 bits per heavy atom. The zero-order valence-corrected chi connectivity index (χ0v) is 10.7. The van der Waals surface area contributed by atoms with Crippen molar-refractivity contribution < 1.29 is 14.3 Å². The first-order valence-corrected chi connectivity index (χ1v) is 5.94. The van der Waals surface area contributed by atoms with Crippen LogP contribution in [-0.4, -0.2) is 19.7 Å². The van der Waals surface area contributed by atoms with Crippen LogP contribution in [0.2, 0.25) is 0 Å². The molecule has 0 spiro atoms. The van der Waals surface area contributed by atoms with Gasteiger partial charge < -0.3 is 9.47 Å². The lowest BCUT2D eigenvalue weighted by Gasteiger charge is -2.13. The van der Waals surface area contributed by atoms with E-state index in [1.165, 1.54) is 0 Å². The van der Waals surface area contributed by atoms with Gasteiger partial charge in [0.15, 0.2) is 0 Å². The third-order valence-corrected chi connectivity index (χ3v) is 2.58. The van der Waals surface area contributed by atoms with Crippen LogP contribution in [0.15, 0.2) is 24.3 Å². The molecular weight excluding hydrogens is 216 g/mol. The van der Waals surface area contributed by atoms with Crippen LogP contribution in [0.4, 0.5) is 0 Å². The van der Waals surface area contributed by atoms with Gasteiger partial charge in [0, 0.05) is 6.42 Å². The maximum Gasteiger partial charge on any atom is 0.306 e. The van der Waals surface area contributed by atoms with Gasteiger partial charge >= 0.3 is 5.97 Å². The summed E-state index contributed by atoms with van der Waals surface area (Å²) in [7, 11) is 1.66. The van der Waals surface area contributed by atoms with Crippen LogP contribution in [-0.2, 0) is 16.0 Å². The van der Waals surface area contributed by atoms with Gasteiger partial charge in [0.05, 0.1) is 13.7 Å². The summed E-state index contributed by atoms with van der Waals surface area (Å²) in [6.07, 6.45) is 1.27. The van der Waals surface area contributed by atoms with Gasteiger partial charge in [-0.3, -0.25) is 4.79 Å². The van der Waals surface area contributed by atoms with E-state index in [0.717, 1.165) is 17.7 Å². The minimum absolute atomic E-state index is 0.130. The van der Waals surface area contributed by atoms with Crippen molar-refractivity contribution in [2.45, 2.75) is 26.7 Å². The van der Waals surface area contributed by atoms with Crippen molar-refractivity contribution in [3.05, 3.63) is 29.8 Å². The van der Waals surface area contributed by atoms with Gasteiger partial charge in [0.1, 0.15) is 5.75 Å². The summed E-state index contributed by atoms with van der Waals surface area (Å²) >= 11 is 0. The Kier molecular flexibility index (Phi) is 5.53. The van der Waals surface area contributed by atoms with Gasteiger partial charge in [-0.2, -0.15) is 0 Å². The average molecular weight is 236 g/mol. The van der Waals surface area contributed by atoms with E-state index in [9.17, 15) is 4.79 Å². The molecule has 0 heterocycles. The van der Waals surface area contributed by atoms with Gasteiger partial charge in [-0.25, -0.2) is 0 Å². The molecule has 0 aliphatic heterocycles. The molecule has 0 radical (unpaired) electrons. The summed E-state index contributed by atoms with van der Waals surface area (Å²) in [5.41, 5.74) is 1.13. The van der Waals surface area contributed by atoms with E-state index in [2.05, 4.69) is 0 Å². The number of methoxy groups -OCH3 is 1. The topological polar surface area (TPSA) is 35.5 Å². The van der Waals surface area contributed by atoms with Crippen LogP contribution < -0.4 is 4.74 Å². The summed E-state index contributed by atoms with van der Waals surface area (Å²) in [6.45, 7) is 4.31. The summed E-state index contributed by atoms with van der Waals surface area (Å²) in [5, 5.41) is 0. The lowest BCUT2D eigenvalue weighted by atomic mass is 9.97. The lowest BCUT2D eigenvalue weighted by Crippen LogP contribution is -2.11. The number of carbonyl (C=O) groups excluding carboxylic acids is 1. The Morgan fingerprint density at radius 3 is 2.71 bits per heavy atom. The maximum atomic E-state index is 11.3. The highest BCUT2D eigenvalue weighted by atomic mass is 16.5. The highest BCUT2D eigenvalue weighted by molar-refractivity contribution is 5.69. The summed E-state index contributed by atoms with van der Waals surface area (Å²) in [6, 6.07) is 7.89. The Bertz CT molecular complexity index is 360. The van der Waals surface area contributed by atoms with E-state index in [1.54, 1.807) is 7.11 Å². The monoisotopic (exact) mass is 236 g/mol. The predicted molar refractivity (Wildman–Crippen MR) is 67.1 cm³/mol. The van der Waals surface area contributed by atoms with Crippen LogP contribution in [0, 0.1) is 5.92 Å². The zero-order valence-electron chi connectivity index (χ0n) is 10.7. The Hall–Kier alpha value is -1.51. The molecule has 0 N–H and O–H groups in total. The number of esters is 1. The molecule has 0 amide bonds. The summed E-state index contributed by atoms with van der Waals surface area (Å²) in [4.78, 5) is 11.3. The summed E-state index contributed by atoms with van der Waals surface area (Å²) < 4.78 is 10.2. The van der Waals surface area contributed by atoms with Crippen molar-refractivity contribution in [2.24, 2.45) is 5.92 Å². The molecule has 0 saturated carbocycles. The van der Waals surface area contributed by atoms with Crippen molar-refractivity contribution >= 4 is 5.97 Å². The third-order valence-electron chi connectivity index (χ3n) is 2.58. The standard InChI is InChI=1S/C14H20O3/c1-4-17-14(15)10-11(2)9-12-7-5-6-8-13(12)16-3/h5-8,11H,4,9-10H2,1-3H3. The largest absolute Gasteiger partial charge is 0.496 e. The fourth-order valence-electron chi connectivity index (χ4n) is 1.82. The second-order valence-electron chi connectivity index (χ2n) is 4.13. The quantitative estimate of drug-likeness (QED) is 0.712. The molecule has 0 saturated heterocycles. The molecule has 3 nitrogen and oxygen atoms in total. The van der Waals surface area contributed by atoms with Crippen LogP contribution in [0.5, 0.6) is 5.75 Å². The van der Waals surface area contributed by atoms with Crippen LogP contribution in [0.3, 0.4) is 0 Å². The van der Waals surface area contributed by atoms with Crippen molar-refractivity contribution in [1.82, 2.24) is 0 Å². The molecule has 1 aromatic carbocycles. The van der Waals surface area contributed by atoms with E-state index in [-0.39, 0.29) is 11.9 Å². The minimum Gasteiger partial charge on any atom is -0.496 e.